The molecule has 1 fully saturated rings. The summed E-state index contributed by atoms with van der Waals surface area (Å²) in [6.07, 6.45) is 3.84. The number of rotatable bonds is 3. The molecule has 1 spiro atoms. The van der Waals surface area contributed by atoms with E-state index in [4.69, 9.17) is 4.74 Å². The van der Waals surface area contributed by atoms with E-state index in [0.29, 0.717) is 43.5 Å². The van der Waals surface area contributed by atoms with Crippen LogP contribution >= 0.6 is 0 Å². The lowest BCUT2D eigenvalue weighted by Crippen LogP contribution is -2.52. The number of halogens is 2. The molecular formula is C22H26F2N4O3. The predicted molar refractivity (Wildman–Crippen MR) is 109 cm³/mol. The molecule has 1 aromatic heterocycles. The Morgan fingerprint density at radius 1 is 1.23 bits per heavy atom. The highest BCUT2D eigenvalue weighted by Gasteiger charge is 2.43. The van der Waals surface area contributed by atoms with Crippen LogP contribution in [0.1, 0.15) is 55.2 Å². The van der Waals surface area contributed by atoms with E-state index in [9.17, 15) is 18.4 Å². The lowest BCUT2D eigenvalue weighted by atomic mass is 9.81. The summed E-state index contributed by atoms with van der Waals surface area (Å²) in [7, 11) is 1.68. The third-order valence-electron chi connectivity index (χ3n) is 6.35. The van der Waals surface area contributed by atoms with Gasteiger partial charge in [-0.05, 0) is 37.8 Å². The zero-order valence-corrected chi connectivity index (χ0v) is 17.6. The van der Waals surface area contributed by atoms with Crippen LogP contribution in [0.3, 0.4) is 0 Å². The highest BCUT2D eigenvalue weighted by molar-refractivity contribution is 5.92. The molecule has 2 aliphatic rings. The van der Waals surface area contributed by atoms with E-state index < -0.39 is 12.2 Å². The van der Waals surface area contributed by atoms with Crippen molar-refractivity contribution in [1.29, 1.82) is 0 Å². The molecule has 1 aliphatic carbocycles. The molecule has 0 bridgehead atoms. The first kappa shape index (κ1) is 21.3. The second kappa shape index (κ2) is 8.28. The number of ether oxygens (including phenoxy) is 1. The van der Waals surface area contributed by atoms with Crippen LogP contribution in [0.4, 0.5) is 8.78 Å². The number of nitrogens with zero attached hydrogens (tertiary/aromatic N) is 4. The molecule has 1 saturated carbocycles. The van der Waals surface area contributed by atoms with Crippen LogP contribution in [0, 0.1) is 0 Å². The molecule has 9 heteroatoms. The summed E-state index contributed by atoms with van der Waals surface area (Å²) in [6, 6.07) is 9.02. The van der Waals surface area contributed by atoms with Gasteiger partial charge in [-0.25, -0.2) is 4.68 Å². The van der Waals surface area contributed by atoms with Gasteiger partial charge in [0.2, 0.25) is 5.91 Å². The molecule has 0 N–H and O–H groups in total. The summed E-state index contributed by atoms with van der Waals surface area (Å²) in [5.74, 6) is 0.424. The maximum absolute atomic E-state index is 12.8. The summed E-state index contributed by atoms with van der Waals surface area (Å²) < 4.78 is 32.5. The first-order valence-corrected chi connectivity index (χ1v) is 10.4. The lowest BCUT2D eigenvalue weighted by Gasteiger charge is -2.43. The Morgan fingerprint density at radius 2 is 1.94 bits per heavy atom. The van der Waals surface area contributed by atoms with Gasteiger partial charge in [0.25, 0.3) is 5.91 Å². The van der Waals surface area contributed by atoms with Crippen LogP contribution in [-0.4, -0.2) is 56.6 Å². The van der Waals surface area contributed by atoms with Crippen molar-refractivity contribution < 1.29 is 23.1 Å². The molecule has 2 heterocycles. The average Bonchev–Trinajstić information content (AvgIpc) is 3.18. The van der Waals surface area contributed by atoms with E-state index in [1.165, 1.54) is 6.07 Å². The summed E-state index contributed by atoms with van der Waals surface area (Å²) >= 11 is 0. The maximum atomic E-state index is 12.8. The van der Waals surface area contributed by atoms with Gasteiger partial charge >= 0.3 is 6.55 Å². The smallest absolute Gasteiger partial charge is 0.333 e. The maximum Gasteiger partial charge on any atom is 0.333 e. The van der Waals surface area contributed by atoms with Crippen LogP contribution in [0.5, 0.6) is 5.75 Å². The van der Waals surface area contributed by atoms with Gasteiger partial charge in [0.15, 0.2) is 5.69 Å². The Hall–Kier alpha value is -2.97. The number of amides is 2. The molecule has 0 atom stereocenters. The third kappa shape index (κ3) is 4.26. The Morgan fingerprint density at radius 3 is 2.58 bits per heavy atom. The van der Waals surface area contributed by atoms with E-state index in [2.05, 4.69) is 5.10 Å². The minimum Gasteiger partial charge on any atom is -0.485 e. The van der Waals surface area contributed by atoms with Crippen LogP contribution in [0.25, 0.3) is 0 Å². The zero-order chi connectivity index (χ0) is 22.2. The van der Waals surface area contributed by atoms with Gasteiger partial charge < -0.3 is 14.5 Å². The van der Waals surface area contributed by atoms with Crippen molar-refractivity contribution in [3.63, 3.8) is 0 Å². The van der Waals surface area contributed by atoms with E-state index in [1.54, 1.807) is 18.9 Å². The zero-order valence-electron chi connectivity index (χ0n) is 17.6. The molecule has 1 aliphatic heterocycles. The number of para-hydroxylation sites is 1. The normalized spacial score (nSPS) is 23.3. The highest BCUT2D eigenvalue weighted by atomic mass is 19.3. The fourth-order valence-corrected chi connectivity index (χ4v) is 4.52. The molecule has 2 amide bonds. The van der Waals surface area contributed by atoms with Gasteiger partial charge in [-0.1, -0.05) is 18.2 Å². The van der Waals surface area contributed by atoms with Crippen molar-refractivity contribution in [2.75, 3.05) is 13.6 Å². The van der Waals surface area contributed by atoms with Crippen LogP contribution in [0.15, 0.2) is 36.5 Å². The fourth-order valence-electron chi connectivity index (χ4n) is 4.52. The number of hydrogen-bond donors (Lipinski definition) is 0. The second-order valence-electron chi connectivity index (χ2n) is 8.37. The molecule has 2 aromatic rings. The van der Waals surface area contributed by atoms with E-state index in [-0.39, 0.29) is 23.6 Å². The molecular weight excluding hydrogens is 406 g/mol. The van der Waals surface area contributed by atoms with Gasteiger partial charge in [0.1, 0.15) is 11.4 Å². The Bertz CT molecular complexity index is 969. The van der Waals surface area contributed by atoms with Crippen LogP contribution in [-0.2, 0) is 11.3 Å². The standard InChI is InChI=1S/C22H26F2N4O3/c1-15(29)27-13-16-5-3-4-6-19(16)31-22(14-27)10-7-17(8-11-22)26(2)20(30)18-9-12-28(25-18)21(23)24/h3-6,9,12,17,21H,7-8,10-11,13-14H2,1-2H3. The monoisotopic (exact) mass is 432 g/mol. The van der Waals surface area contributed by atoms with Crippen molar-refractivity contribution in [1.82, 2.24) is 19.6 Å². The molecule has 4 rings (SSSR count). The number of carbonyl (C=O) groups excluding carboxylic acids is 2. The molecule has 1 aromatic carbocycles. The van der Waals surface area contributed by atoms with Crippen LogP contribution in [0.2, 0.25) is 0 Å². The summed E-state index contributed by atoms with van der Waals surface area (Å²) in [4.78, 5) is 28.3. The number of fused-ring (bicyclic) bond motifs is 1. The topological polar surface area (TPSA) is 67.7 Å². The van der Waals surface area contributed by atoms with Gasteiger partial charge in [0.05, 0.1) is 6.54 Å². The van der Waals surface area contributed by atoms with Gasteiger partial charge in [0, 0.05) is 38.3 Å². The molecule has 0 radical (unpaired) electrons. The van der Waals surface area contributed by atoms with Crippen molar-refractivity contribution >= 4 is 11.8 Å². The van der Waals surface area contributed by atoms with E-state index >= 15 is 0 Å². The molecule has 7 nitrogen and oxygen atoms in total. The van der Waals surface area contributed by atoms with Gasteiger partial charge in [-0.15, -0.1) is 0 Å². The van der Waals surface area contributed by atoms with E-state index in [1.807, 2.05) is 29.2 Å². The Kier molecular flexibility index (Phi) is 5.68. The molecule has 0 saturated heterocycles. The number of aromatic nitrogens is 2. The molecule has 166 valence electrons. The first-order chi connectivity index (χ1) is 14.8. The van der Waals surface area contributed by atoms with Gasteiger partial charge in [-0.2, -0.15) is 13.9 Å². The Balaban J connectivity index is 1.47. The summed E-state index contributed by atoms with van der Waals surface area (Å²) in [5, 5.41) is 3.68. The van der Waals surface area contributed by atoms with Crippen molar-refractivity contribution in [2.45, 2.75) is 57.3 Å². The van der Waals surface area contributed by atoms with E-state index in [0.717, 1.165) is 17.5 Å². The third-order valence-corrected chi connectivity index (χ3v) is 6.35. The first-order valence-electron chi connectivity index (χ1n) is 10.4. The minimum absolute atomic E-state index is 0.00344. The van der Waals surface area contributed by atoms with Crippen molar-refractivity contribution in [2.24, 2.45) is 0 Å². The predicted octanol–water partition coefficient (Wildman–Crippen LogP) is 3.47. The fraction of sp³-hybridized carbons (Fsp3) is 0.500. The summed E-state index contributed by atoms with van der Waals surface area (Å²) in [6.45, 7) is -0.193. The number of benzene rings is 1. The lowest BCUT2D eigenvalue weighted by molar-refractivity contribution is -0.132. The number of alkyl halides is 2. The Labute approximate surface area is 179 Å². The summed E-state index contributed by atoms with van der Waals surface area (Å²) in [5.41, 5.74) is 0.486. The second-order valence-corrected chi connectivity index (χ2v) is 8.37. The quantitative estimate of drug-likeness (QED) is 0.745. The van der Waals surface area contributed by atoms with Crippen LogP contribution < -0.4 is 4.74 Å². The SMILES string of the molecule is CC(=O)N1Cc2ccccc2OC2(CCC(N(C)C(=O)c3ccn(C(F)F)n3)CC2)C1. The van der Waals surface area contributed by atoms with Crippen molar-refractivity contribution in [3.8, 4) is 5.75 Å². The molecule has 0 unspecified atom stereocenters. The largest absolute Gasteiger partial charge is 0.485 e. The minimum atomic E-state index is -2.78. The number of hydrogen-bond acceptors (Lipinski definition) is 4. The highest BCUT2D eigenvalue weighted by Crippen LogP contribution is 2.39. The average molecular weight is 432 g/mol. The van der Waals surface area contributed by atoms with Gasteiger partial charge in [-0.3, -0.25) is 9.59 Å². The van der Waals surface area contributed by atoms with Crippen molar-refractivity contribution in [3.05, 3.63) is 47.8 Å². The molecule has 31 heavy (non-hydrogen) atoms. The number of carbonyl (C=O) groups is 2.